The van der Waals surface area contributed by atoms with Gasteiger partial charge in [0.05, 0.1) is 6.54 Å². The zero-order valence-electron chi connectivity index (χ0n) is 19.0. The van der Waals surface area contributed by atoms with Gasteiger partial charge in [0.15, 0.2) is 11.5 Å². The molecule has 176 valence electrons. The highest BCUT2D eigenvalue weighted by molar-refractivity contribution is 5.98. The summed E-state index contributed by atoms with van der Waals surface area (Å²) < 4.78 is 12.1. The van der Waals surface area contributed by atoms with E-state index < -0.39 is 5.79 Å². The third-order valence-electron chi connectivity index (χ3n) is 6.97. The summed E-state index contributed by atoms with van der Waals surface area (Å²) in [5, 5.41) is 4.00. The Hall–Kier alpha value is -3.52. The third kappa shape index (κ3) is 3.98. The molecule has 3 heterocycles. The summed E-state index contributed by atoms with van der Waals surface area (Å²) in [6.45, 7) is 2.78. The largest absolute Gasteiger partial charge is 0.448 e. The first-order valence-electron chi connectivity index (χ1n) is 12.0. The summed E-state index contributed by atoms with van der Waals surface area (Å²) in [6, 6.07) is 15.3. The van der Waals surface area contributed by atoms with Crippen LogP contribution in [0.2, 0.25) is 0 Å². The first kappa shape index (κ1) is 21.0. The van der Waals surface area contributed by atoms with Crippen LogP contribution < -0.4 is 14.8 Å². The normalized spacial score (nSPS) is 19.1. The molecule has 1 saturated carbocycles. The molecule has 0 atom stereocenters. The molecule has 3 aliphatic rings. The Morgan fingerprint density at radius 3 is 2.50 bits per heavy atom. The molecule has 2 N–H and O–H groups in total. The molecule has 2 aromatic carbocycles. The number of para-hydroxylation sites is 1. The Bertz CT molecular complexity index is 1210. The van der Waals surface area contributed by atoms with Gasteiger partial charge in [-0.05, 0) is 37.1 Å². The number of hydrogen-bond donors (Lipinski definition) is 2. The summed E-state index contributed by atoms with van der Waals surface area (Å²) in [5.74, 6) is 0.861. The van der Waals surface area contributed by atoms with Gasteiger partial charge >= 0.3 is 0 Å². The number of aromatic nitrogens is 1. The number of rotatable bonds is 4. The lowest BCUT2D eigenvalue weighted by molar-refractivity contribution is -0.117. The number of anilines is 1. The molecule has 0 unspecified atom stereocenters. The number of nitrogens with zero attached hydrogens (tertiary/aromatic N) is 2. The van der Waals surface area contributed by atoms with Crippen molar-refractivity contribution in [2.45, 2.75) is 31.5 Å². The summed E-state index contributed by atoms with van der Waals surface area (Å²) in [4.78, 5) is 32.7. The minimum Gasteiger partial charge on any atom is -0.448 e. The predicted molar refractivity (Wildman–Crippen MR) is 128 cm³/mol. The van der Waals surface area contributed by atoms with Crippen molar-refractivity contribution in [2.75, 3.05) is 38.0 Å². The summed E-state index contributed by atoms with van der Waals surface area (Å²) >= 11 is 0. The first-order valence-corrected chi connectivity index (χ1v) is 12.0. The van der Waals surface area contributed by atoms with Crippen LogP contribution in [0.3, 0.4) is 0 Å². The Kier molecular flexibility index (Phi) is 5.17. The molecule has 2 aliphatic heterocycles. The van der Waals surface area contributed by atoms with Crippen LogP contribution in [-0.2, 0) is 4.79 Å². The molecule has 0 bridgehead atoms. The number of H-pyrrole nitrogens is 1. The molecule has 1 aliphatic carbocycles. The monoisotopic (exact) mass is 460 g/mol. The van der Waals surface area contributed by atoms with Gasteiger partial charge in [0.1, 0.15) is 5.69 Å². The highest BCUT2D eigenvalue weighted by Gasteiger charge is 2.44. The summed E-state index contributed by atoms with van der Waals surface area (Å²) in [5.41, 5.74) is 2.27. The van der Waals surface area contributed by atoms with Crippen LogP contribution in [0.4, 0.5) is 5.69 Å². The van der Waals surface area contributed by atoms with Crippen molar-refractivity contribution in [1.29, 1.82) is 0 Å². The van der Waals surface area contributed by atoms with Crippen molar-refractivity contribution in [2.24, 2.45) is 0 Å². The van der Waals surface area contributed by atoms with E-state index in [9.17, 15) is 9.59 Å². The van der Waals surface area contributed by atoms with E-state index in [-0.39, 0.29) is 18.4 Å². The third-order valence-corrected chi connectivity index (χ3v) is 6.97. The molecule has 1 saturated heterocycles. The van der Waals surface area contributed by atoms with Crippen molar-refractivity contribution in [1.82, 2.24) is 14.8 Å². The van der Waals surface area contributed by atoms with Gasteiger partial charge in [-0.25, -0.2) is 0 Å². The van der Waals surface area contributed by atoms with Crippen LogP contribution in [0.1, 0.15) is 36.2 Å². The quantitative estimate of drug-likeness (QED) is 0.621. The van der Waals surface area contributed by atoms with E-state index in [1.165, 1.54) is 0 Å². The van der Waals surface area contributed by atoms with Gasteiger partial charge < -0.3 is 24.7 Å². The maximum absolute atomic E-state index is 12.9. The van der Waals surface area contributed by atoms with Crippen molar-refractivity contribution in [3.05, 3.63) is 54.2 Å². The fraction of sp³-hybridized carbons (Fsp3) is 0.385. The van der Waals surface area contributed by atoms with Gasteiger partial charge in [-0.3, -0.25) is 14.5 Å². The fourth-order valence-corrected chi connectivity index (χ4v) is 5.16. The zero-order chi connectivity index (χ0) is 23.1. The number of carbonyl (C=O) groups is 2. The maximum atomic E-state index is 12.9. The topological polar surface area (TPSA) is 86.9 Å². The standard InChI is InChI=1S/C26H28N4O4/c31-24(27-19-7-8-22-23(16-19)34-26(33-22)9-3-4-10-26)17-29-11-13-30(14-12-29)25(32)21-15-18-5-1-2-6-20(18)28-21/h1-2,5-8,15-16,28H,3-4,9-14,17H2,(H,27,31). The van der Waals surface area contributed by atoms with Crippen molar-refractivity contribution >= 4 is 28.4 Å². The molecule has 6 rings (SSSR count). The number of benzene rings is 2. The highest BCUT2D eigenvalue weighted by atomic mass is 16.7. The van der Waals surface area contributed by atoms with E-state index in [1.807, 2.05) is 53.4 Å². The van der Waals surface area contributed by atoms with Crippen LogP contribution in [-0.4, -0.2) is 65.1 Å². The fourth-order valence-electron chi connectivity index (χ4n) is 5.16. The Morgan fingerprint density at radius 1 is 0.941 bits per heavy atom. The van der Waals surface area contributed by atoms with E-state index >= 15 is 0 Å². The van der Waals surface area contributed by atoms with Gasteiger partial charge in [0, 0.05) is 61.7 Å². The number of fused-ring (bicyclic) bond motifs is 2. The molecule has 0 radical (unpaired) electrons. The number of ether oxygens (including phenoxy) is 2. The van der Waals surface area contributed by atoms with Gasteiger partial charge in [0.25, 0.3) is 11.7 Å². The predicted octanol–water partition coefficient (Wildman–Crippen LogP) is 3.61. The van der Waals surface area contributed by atoms with Crippen molar-refractivity contribution in [3.8, 4) is 11.5 Å². The first-order chi connectivity index (χ1) is 16.6. The van der Waals surface area contributed by atoms with E-state index in [1.54, 1.807) is 0 Å². The lowest BCUT2D eigenvalue weighted by Crippen LogP contribution is -2.50. The van der Waals surface area contributed by atoms with Gasteiger partial charge in [-0.1, -0.05) is 18.2 Å². The Balaban J connectivity index is 1.01. The van der Waals surface area contributed by atoms with Crippen LogP contribution >= 0.6 is 0 Å². The Morgan fingerprint density at radius 2 is 1.71 bits per heavy atom. The molecular weight excluding hydrogens is 432 g/mol. The number of hydrogen-bond acceptors (Lipinski definition) is 5. The van der Waals surface area contributed by atoms with Crippen LogP contribution in [0.25, 0.3) is 10.9 Å². The smallest absolute Gasteiger partial charge is 0.270 e. The van der Waals surface area contributed by atoms with Crippen LogP contribution in [0.15, 0.2) is 48.5 Å². The van der Waals surface area contributed by atoms with Crippen LogP contribution in [0, 0.1) is 0 Å². The minimum absolute atomic E-state index is 0.000644. The average molecular weight is 461 g/mol. The average Bonchev–Trinajstić information content (AvgIpc) is 3.56. The number of amides is 2. The second-order valence-electron chi connectivity index (χ2n) is 9.37. The lowest BCUT2D eigenvalue weighted by Gasteiger charge is -2.34. The van der Waals surface area contributed by atoms with E-state index in [4.69, 9.17) is 9.47 Å². The minimum atomic E-state index is -0.505. The molecule has 8 nitrogen and oxygen atoms in total. The molecule has 3 aromatic rings. The number of nitrogens with one attached hydrogen (secondary N) is 2. The Labute approximate surface area is 197 Å². The lowest BCUT2D eigenvalue weighted by atomic mass is 10.2. The molecular formula is C26H28N4O4. The summed E-state index contributed by atoms with van der Waals surface area (Å²) in [7, 11) is 0. The highest BCUT2D eigenvalue weighted by Crippen LogP contribution is 2.47. The van der Waals surface area contributed by atoms with Gasteiger partial charge in [-0.15, -0.1) is 0 Å². The molecule has 2 amide bonds. The SMILES string of the molecule is O=C(CN1CCN(C(=O)c2cc3ccccc3[nH]2)CC1)Nc1ccc2c(c1)OC1(CCCC1)O2. The molecule has 34 heavy (non-hydrogen) atoms. The number of aromatic amines is 1. The van der Waals surface area contributed by atoms with Crippen LogP contribution in [0.5, 0.6) is 11.5 Å². The van der Waals surface area contributed by atoms with E-state index in [0.29, 0.717) is 43.3 Å². The van der Waals surface area contributed by atoms with E-state index in [0.717, 1.165) is 42.3 Å². The molecule has 1 spiro atoms. The van der Waals surface area contributed by atoms with Gasteiger partial charge in [-0.2, -0.15) is 0 Å². The second-order valence-corrected chi connectivity index (χ2v) is 9.37. The molecule has 8 heteroatoms. The van der Waals surface area contributed by atoms with Crippen molar-refractivity contribution < 1.29 is 19.1 Å². The molecule has 2 fully saturated rings. The zero-order valence-corrected chi connectivity index (χ0v) is 19.0. The second kappa shape index (κ2) is 8.36. The number of carbonyl (C=O) groups excluding carboxylic acids is 2. The summed E-state index contributed by atoms with van der Waals surface area (Å²) in [6.07, 6.45) is 4.02. The van der Waals surface area contributed by atoms with Crippen molar-refractivity contribution in [3.63, 3.8) is 0 Å². The maximum Gasteiger partial charge on any atom is 0.270 e. The molecule has 1 aromatic heterocycles. The number of piperazine rings is 1. The van der Waals surface area contributed by atoms with E-state index in [2.05, 4.69) is 15.2 Å². The van der Waals surface area contributed by atoms with Gasteiger partial charge in [0.2, 0.25) is 5.91 Å².